The Labute approximate surface area is 144 Å². The highest BCUT2D eigenvalue weighted by atomic mass is 16.7. The molecule has 0 spiro atoms. The van der Waals surface area contributed by atoms with Crippen molar-refractivity contribution in [2.45, 2.75) is 6.92 Å². The van der Waals surface area contributed by atoms with Crippen molar-refractivity contribution in [2.24, 2.45) is 0 Å². The largest absolute Gasteiger partial charge is 0.454 e. The summed E-state index contributed by atoms with van der Waals surface area (Å²) in [4.78, 5) is 15.2. The number of H-pyrrole nitrogens is 1. The molecule has 1 aromatic heterocycles. The lowest BCUT2D eigenvalue weighted by molar-refractivity contribution is 0.174. The van der Waals surface area contributed by atoms with E-state index in [0.717, 1.165) is 16.7 Å². The molecule has 0 radical (unpaired) electrons. The zero-order valence-corrected chi connectivity index (χ0v) is 13.5. The minimum atomic E-state index is -0.409. The Bertz CT molecular complexity index is 1060. The summed E-state index contributed by atoms with van der Waals surface area (Å²) in [6.07, 6.45) is 0. The molecule has 0 bridgehead atoms. The van der Waals surface area contributed by atoms with Gasteiger partial charge in [-0.2, -0.15) is 5.26 Å². The van der Waals surface area contributed by atoms with Crippen LogP contribution in [0, 0.1) is 18.3 Å². The lowest BCUT2D eigenvalue weighted by Gasteiger charge is -2.09. The van der Waals surface area contributed by atoms with Crippen molar-refractivity contribution in [1.29, 1.82) is 5.26 Å². The lowest BCUT2D eigenvalue weighted by Crippen LogP contribution is -2.12. The Morgan fingerprint density at radius 2 is 1.72 bits per heavy atom. The fourth-order valence-electron chi connectivity index (χ4n) is 2.85. The third-order valence-electron chi connectivity index (χ3n) is 4.19. The van der Waals surface area contributed by atoms with Gasteiger partial charge in [0.05, 0.1) is 0 Å². The number of nitriles is 1. The number of hydrogen-bond acceptors (Lipinski definition) is 4. The monoisotopic (exact) mass is 330 g/mol. The molecule has 2 heterocycles. The molecule has 0 unspecified atom stereocenters. The van der Waals surface area contributed by atoms with Crippen LogP contribution in [0.3, 0.4) is 0 Å². The van der Waals surface area contributed by atoms with Crippen molar-refractivity contribution in [3.63, 3.8) is 0 Å². The summed E-state index contributed by atoms with van der Waals surface area (Å²) in [5.41, 5.74) is 3.66. The number of fused-ring (bicyclic) bond motifs is 1. The number of aryl methyl sites for hydroxylation is 1. The average molecular weight is 330 g/mol. The van der Waals surface area contributed by atoms with Gasteiger partial charge in [-0.3, -0.25) is 4.79 Å². The van der Waals surface area contributed by atoms with E-state index in [1.54, 1.807) is 12.1 Å². The molecule has 0 fully saturated rings. The summed E-state index contributed by atoms with van der Waals surface area (Å²) in [6.45, 7) is 2.18. The van der Waals surface area contributed by atoms with E-state index in [-0.39, 0.29) is 12.4 Å². The van der Waals surface area contributed by atoms with Crippen LogP contribution in [0.5, 0.6) is 11.5 Å². The second-order valence-corrected chi connectivity index (χ2v) is 5.85. The van der Waals surface area contributed by atoms with Crippen LogP contribution in [0.1, 0.15) is 11.1 Å². The number of pyridine rings is 1. The maximum Gasteiger partial charge on any atom is 0.266 e. The minimum absolute atomic E-state index is 0.0785. The number of aromatic amines is 1. The van der Waals surface area contributed by atoms with Crippen molar-refractivity contribution in [1.82, 2.24) is 4.98 Å². The van der Waals surface area contributed by atoms with Crippen LogP contribution in [0.4, 0.5) is 0 Å². The SMILES string of the molecule is Cc1ccc(-c2cc(-c3ccc4c(c3)OCO4)c(C#N)c(=O)[nH]2)cc1. The van der Waals surface area contributed by atoms with Crippen LogP contribution < -0.4 is 15.0 Å². The Balaban J connectivity index is 1.90. The first-order chi connectivity index (χ1) is 12.2. The van der Waals surface area contributed by atoms with Gasteiger partial charge in [0.2, 0.25) is 6.79 Å². The third-order valence-corrected chi connectivity index (χ3v) is 4.19. The smallest absolute Gasteiger partial charge is 0.266 e. The van der Waals surface area contributed by atoms with Crippen LogP contribution >= 0.6 is 0 Å². The number of aromatic nitrogens is 1. The topological polar surface area (TPSA) is 75.1 Å². The highest BCUT2D eigenvalue weighted by molar-refractivity contribution is 5.76. The molecular weight excluding hydrogens is 316 g/mol. The zero-order valence-electron chi connectivity index (χ0n) is 13.5. The number of nitrogens with one attached hydrogen (secondary N) is 1. The van der Waals surface area contributed by atoms with Crippen molar-refractivity contribution in [2.75, 3.05) is 6.79 Å². The number of rotatable bonds is 2. The van der Waals surface area contributed by atoms with Gasteiger partial charge in [-0.25, -0.2) is 0 Å². The molecule has 0 saturated carbocycles. The maximum absolute atomic E-state index is 12.4. The molecule has 0 atom stereocenters. The molecule has 5 heteroatoms. The molecule has 1 N–H and O–H groups in total. The fraction of sp³-hybridized carbons (Fsp3) is 0.100. The highest BCUT2D eigenvalue weighted by Crippen LogP contribution is 2.37. The second kappa shape index (κ2) is 5.84. The van der Waals surface area contributed by atoms with E-state index < -0.39 is 5.56 Å². The first-order valence-corrected chi connectivity index (χ1v) is 7.80. The van der Waals surface area contributed by atoms with Crippen molar-refractivity contribution in [3.8, 4) is 40.0 Å². The zero-order chi connectivity index (χ0) is 17.4. The predicted octanol–water partition coefficient (Wildman–Crippen LogP) is 3.62. The van der Waals surface area contributed by atoms with Crippen molar-refractivity contribution in [3.05, 3.63) is 70.0 Å². The molecule has 0 aliphatic carbocycles. The summed E-state index contributed by atoms with van der Waals surface area (Å²) in [5.74, 6) is 1.27. The number of nitrogens with zero attached hydrogens (tertiary/aromatic N) is 1. The van der Waals surface area contributed by atoms with E-state index in [1.807, 2.05) is 49.4 Å². The number of benzene rings is 2. The Morgan fingerprint density at radius 3 is 2.48 bits per heavy atom. The standard InChI is InChI=1S/C20H14N2O3/c1-12-2-4-13(5-3-12)17-9-15(16(10-21)20(23)22-17)14-6-7-18-19(8-14)25-11-24-18/h2-9H,11H2,1H3,(H,22,23). The molecule has 0 saturated heterocycles. The second-order valence-electron chi connectivity index (χ2n) is 5.85. The van der Waals surface area contributed by atoms with E-state index in [1.165, 1.54) is 0 Å². The van der Waals surface area contributed by atoms with Crippen LogP contribution in [0.25, 0.3) is 22.4 Å². The summed E-state index contributed by atoms with van der Waals surface area (Å²) in [7, 11) is 0. The van der Waals surface area contributed by atoms with Gasteiger partial charge in [0.15, 0.2) is 11.5 Å². The van der Waals surface area contributed by atoms with Gasteiger partial charge in [0, 0.05) is 11.3 Å². The van der Waals surface area contributed by atoms with Gasteiger partial charge in [-0.1, -0.05) is 35.9 Å². The summed E-state index contributed by atoms with van der Waals surface area (Å²) in [6, 6.07) is 17.1. The maximum atomic E-state index is 12.4. The molecule has 1 aliphatic heterocycles. The molecule has 3 aromatic rings. The predicted molar refractivity (Wildman–Crippen MR) is 93.5 cm³/mol. The molecule has 4 rings (SSSR count). The molecule has 122 valence electrons. The van der Waals surface area contributed by atoms with E-state index in [0.29, 0.717) is 22.8 Å². The fourth-order valence-corrected chi connectivity index (χ4v) is 2.85. The minimum Gasteiger partial charge on any atom is -0.454 e. The quantitative estimate of drug-likeness (QED) is 0.779. The van der Waals surface area contributed by atoms with Gasteiger partial charge in [0.1, 0.15) is 11.6 Å². The molecule has 2 aromatic carbocycles. The molecule has 1 aliphatic rings. The summed E-state index contributed by atoms with van der Waals surface area (Å²) < 4.78 is 10.7. The average Bonchev–Trinajstić information content (AvgIpc) is 3.09. The van der Waals surface area contributed by atoms with Crippen molar-refractivity contribution >= 4 is 0 Å². The van der Waals surface area contributed by atoms with E-state index in [2.05, 4.69) is 4.98 Å². The lowest BCUT2D eigenvalue weighted by atomic mass is 9.98. The van der Waals surface area contributed by atoms with Crippen molar-refractivity contribution < 1.29 is 9.47 Å². The Kier molecular flexibility index (Phi) is 3.51. The van der Waals surface area contributed by atoms with E-state index in [9.17, 15) is 10.1 Å². The summed E-state index contributed by atoms with van der Waals surface area (Å²) in [5, 5.41) is 9.43. The Hall–Kier alpha value is -3.52. The first kappa shape index (κ1) is 15.0. The first-order valence-electron chi connectivity index (χ1n) is 7.80. The normalized spacial score (nSPS) is 12.0. The number of hydrogen-bond donors (Lipinski definition) is 1. The van der Waals surface area contributed by atoms with E-state index in [4.69, 9.17) is 9.47 Å². The van der Waals surface area contributed by atoms with Gasteiger partial charge >= 0.3 is 0 Å². The van der Waals surface area contributed by atoms with Crippen LogP contribution in [-0.4, -0.2) is 11.8 Å². The van der Waals surface area contributed by atoms with Crippen LogP contribution in [0.15, 0.2) is 53.3 Å². The Morgan fingerprint density at radius 1 is 1.00 bits per heavy atom. The van der Waals surface area contributed by atoms with Gasteiger partial charge < -0.3 is 14.5 Å². The highest BCUT2D eigenvalue weighted by Gasteiger charge is 2.17. The van der Waals surface area contributed by atoms with Crippen LogP contribution in [0.2, 0.25) is 0 Å². The van der Waals surface area contributed by atoms with Gasteiger partial charge in [-0.15, -0.1) is 0 Å². The van der Waals surface area contributed by atoms with Crippen LogP contribution in [-0.2, 0) is 0 Å². The number of ether oxygens (including phenoxy) is 2. The van der Waals surface area contributed by atoms with Gasteiger partial charge in [-0.05, 0) is 36.2 Å². The van der Waals surface area contributed by atoms with E-state index >= 15 is 0 Å². The molecule has 5 nitrogen and oxygen atoms in total. The van der Waals surface area contributed by atoms with Gasteiger partial charge in [0.25, 0.3) is 5.56 Å². The third kappa shape index (κ3) is 2.64. The molecule has 0 amide bonds. The molecule has 25 heavy (non-hydrogen) atoms. The molecular formula is C20H14N2O3. The summed E-state index contributed by atoms with van der Waals surface area (Å²) >= 11 is 0.